The number of hydrogen-bond acceptors (Lipinski definition) is 4. The van der Waals surface area contributed by atoms with Gasteiger partial charge in [0.15, 0.2) is 0 Å². The van der Waals surface area contributed by atoms with Gasteiger partial charge in [-0.3, -0.25) is 14.3 Å². The molecule has 0 amide bonds. The summed E-state index contributed by atoms with van der Waals surface area (Å²) in [6.45, 7) is 0. The SMILES string of the molecule is O=c1c2cc(Cc3cccnc3)c3ccccc3c2ncn1[C@H]1CCCC[C@@H]1O. The second kappa shape index (κ2) is 7.41. The number of aromatic nitrogens is 3. The van der Waals surface area contributed by atoms with E-state index in [-0.39, 0.29) is 11.6 Å². The molecule has 0 aliphatic heterocycles. The maximum absolute atomic E-state index is 13.4. The van der Waals surface area contributed by atoms with Gasteiger partial charge in [0, 0.05) is 17.8 Å². The molecule has 2 aromatic carbocycles. The molecule has 146 valence electrons. The smallest absolute Gasteiger partial charge is 0.261 e. The van der Waals surface area contributed by atoms with Crippen LogP contribution in [-0.2, 0) is 6.42 Å². The lowest BCUT2D eigenvalue weighted by Gasteiger charge is -2.29. The normalized spacial score (nSPS) is 19.6. The van der Waals surface area contributed by atoms with Crippen LogP contribution in [0.2, 0.25) is 0 Å². The lowest BCUT2D eigenvalue weighted by molar-refractivity contribution is 0.0735. The highest BCUT2D eigenvalue weighted by molar-refractivity contribution is 6.06. The van der Waals surface area contributed by atoms with Crippen molar-refractivity contribution >= 4 is 21.7 Å². The molecule has 0 saturated heterocycles. The first-order chi connectivity index (χ1) is 14.2. The minimum Gasteiger partial charge on any atom is -0.391 e. The third-order valence-corrected chi connectivity index (χ3v) is 6.05. The molecule has 2 aromatic heterocycles. The lowest BCUT2D eigenvalue weighted by Crippen LogP contribution is -2.34. The second-order valence-corrected chi connectivity index (χ2v) is 7.89. The van der Waals surface area contributed by atoms with Crippen LogP contribution in [0.1, 0.15) is 42.9 Å². The predicted octanol–water partition coefficient (Wildman–Crippen LogP) is 4.01. The fourth-order valence-corrected chi connectivity index (χ4v) is 4.57. The maximum Gasteiger partial charge on any atom is 0.261 e. The first kappa shape index (κ1) is 18.0. The van der Waals surface area contributed by atoms with E-state index in [4.69, 9.17) is 0 Å². The first-order valence-electron chi connectivity index (χ1n) is 10.2. The summed E-state index contributed by atoms with van der Waals surface area (Å²) in [4.78, 5) is 22.3. The standard InChI is InChI=1S/C24H23N3O2/c28-22-10-4-3-9-21(22)27-15-26-23-19-8-2-1-7-18(19)17(13-20(23)24(27)29)12-16-6-5-11-25-14-16/h1-2,5-8,11,13-15,21-22,28H,3-4,9-10,12H2/t21-,22-/m0/s1. The quantitative estimate of drug-likeness (QED) is 0.541. The van der Waals surface area contributed by atoms with Crippen LogP contribution >= 0.6 is 0 Å². The van der Waals surface area contributed by atoms with Crippen LogP contribution in [0.15, 0.2) is 66.0 Å². The third-order valence-electron chi connectivity index (χ3n) is 6.05. The molecule has 0 radical (unpaired) electrons. The third kappa shape index (κ3) is 3.21. The number of aliphatic hydroxyl groups excluding tert-OH is 1. The Morgan fingerprint density at radius 3 is 2.66 bits per heavy atom. The van der Waals surface area contributed by atoms with Gasteiger partial charge in [0.1, 0.15) is 0 Å². The molecule has 5 nitrogen and oxygen atoms in total. The summed E-state index contributed by atoms with van der Waals surface area (Å²) in [5.41, 5.74) is 2.84. The Bertz CT molecular complexity index is 1230. The van der Waals surface area contributed by atoms with Crippen molar-refractivity contribution in [3.8, 4) is 0 Å². The van der Waals surface area contributed by atoms with Crippen molar-refractivity contribution < 1.29 is 5.11 Å². The summed E-state index contributed by atoms with van der Waals surface area (Å²) in [5, 5.41) is 13.1. The molecule has 5 rings (SSSR count). The molecular formula is C24H23N3O2. The van der Waals surface area contributed by atoms with Crippen LogP contribution in [0, 0.1) is 0 Å². The van der Waals surface area contributed by atoms with Gasteiger partial charge < -0.3 is 5.11 Å². The van der Waals surface area contributed by atoms with Gasteiger partial charge in [-0.15, -0.1) is 0 Å². The van der Waals surface area contributed by atoms with E-state index in [2.05, 4.69) is 16.0 Å². The molecule has 4 aromatic rings. The number of rotatable bonds is 3. The predicted molar refractivity (Wildman–Crippen MR) is 114 cm³/mol. The first-order valence-corrected chi connectivity index (χ1v) is 10.2. The monoisotopic (exact) mass is 385 g/mol. The van der Waals surface area contributed by atoms with Gasteiger partial charge in [-0.2, -0.15) is 0 Å². The molecule has 29 heavy (non-hydrogen) atoms. The largest absolute Gasteiger partial charge is 0.391 e. The molecule has 1 saturated carbocycles. The van der Waals surface area contributed by atoms with E-state index in [0.29, 0.717) is 11.8 Å². The van der Waals surface area contributed by atoms with E-state index < -0.39 is 6.10 Å². The molecule has 1 N–H and O–H groups in total. The van der Waals surface area contributed by atoms with Gasteiger partial charge >= 0.3 is 0 Å². The van der Waals surface area contributed by atoms with Crippen molar-refractivity contribution in [2.45, 2.75) is 44.2 Å². The number of pyridine rings is 1. The summed E-state index contributed by atoms with van der Waals surface area (Å²) in [6.07, 6.45) is 9.03. The highest BCUT2D eigenvalue weighted by Gasteiger charge is 2.26. The van der Waals surface area contributed by atoms with Crippen LogP contribution in [-0.4, -0.2) is 25.7 Å². The fraction of sp³-hybridized carbons (Fsp3) is 0.292. The summed E-state index contributed by atoms with van der Waals surface area (Å²) in [7, 11) is 0. The zero-order chi connectivity index (χ0) is 19.8. The van der Waals surface area contributed by atoms with Gasteiger partial charge in [0.25, 0.3) is 5.56 Å². The van der Waals surface area contributed by atoms with E-state index in [0.717, 1.165) is 53.1 Å². The number of hydrogen-bond donors (Lipinski definition) is 1. The van der Waals surface area contributed by atoms with Crippen LogP contribution in [0.25, 0.3) is 21.7 Å². The van der Waals surface area contributed by atoms with E-state index in [1.807, 2.05) is 42.6 Å². The molecule has 2 atom stereocenters. The molecule has 5 heteroatoms. The number of benzene rings is 2. The summed E-state index contributed by atoms with van der Waals surface area (Å²) in [5.74, 6) is 0. The van der Waals surface area contributed by atoms with Crippen molar-refractivity contribution in [1.82, 2.24) is 14.5 Å². The van der Waals surface area contributed by atoms with Crippen molar-refractivity contribution in [3.63, 3.8) is 0 Å². The molecule has 0 spiro atoms. The van der Waals surface area contributed by atoms with Crippen molar-refractivity contribution in [2.24, 2.45) is 0 Å². The Labute approximate surface area is 168 Å². The van der Waals surface area contributed by atoms with Gasteiger partial charge in [-0.25, -0.2) is 4.98 Å². The van der Waals surface area contributed by atoms with Crippen molar-refractivity contribution in [1.29, 1.82) is 0 Å². The van der Waals surface area contributed by atoms with Gasteiger partial charge in [-0.1, -0.05) is 43.2 Å². The fourth-order valence-electron chi connectivity index (χ4n) is 4.57. The van der Waals surface area contributed by atoms with Gasteiger partial charge in [0.2, 0.25) is 0 Å². The minimum absolute atomic E-state index is 0.0702. The zero-order valence-electron chi connectivity index (χ0n) is 16.2. The average Bonchev–Trinajstić information content (AvgIpc) is 2.76. The minimum atomic E-state index is -0.490. The van der Waals surface area contributed by atoms with Crippen molar-refractivity contribution in [3.05, 3.63) is 82.7 Å². The Morgan fingerprint density at radius 2 is 1.86 bits per heavy atom. The number of nitrogens with zero attached hydrogens (tertiary/aromatic N) is 3. The molecule has 2 heterocycles. The topological polar surface area (TPSA) is 68.0 Å². The van der Waals surface area contributed by atoms with E-state index in [9.17, 15) is 9.90 Å². The highest BCUT2D eigenvalue weighted by atomic mass is 16.3. The van der Waals surface area contributed by atoms with E-state index in [1.165, 1.54) is 0 Å². The molecule has 1 fully saturated rings. The summed E-state index contributed by atoms with van der Waals surface area (Å²) in [6, 6.07) is 13.9. The average molecular weight is 385 g/mol. The second-order valence-electron chi connectivity index (χ2n) is 7.89. The van der Waals surface area contributed by atoms with E-state index >= 15 is 0 Å². The Balaban J connectivity index is 1.72. The Hall–Kier alpha value is -3.05. The van der Waals surface area contributed by atoms with Gasteiger partial charge in [-0.05, 0) is 47.9 Å². The van der Waals surface area contributed by atoms with E-state index in [1.54, 1.807) is 17.1 Å². The van der Waals surface area contributed by atoms with Crippen LogP contribution in [0.5, 0.6) is 0 Å². The van der Waals surface area contributed by atoms with Crippen LogP contribution < -0.4 is 5.56 Å². The molecule has 0 bridgehead atoms. The molecule has 1 aliphatic carbocycles. The summed E-state index contributed by atoms with van der Waals surface area (Å²) < 4.78 is 1.65. The Kier molecular flexibility index (Phi) is 4.60. The number of aliphatic hydroxyl groups is 1. The van der Waals surface area contributed by atoms with Crippen molar-refractivity contribution in [2.75, 3.05) is 0 Å². The number of fused-ring (bicyclic) bond motifs is 3. The molecule has 1 aliphatic rings. The maximum atomic E-state index is 13.4. The van der Waals surface area contributed by atoms with Crippen LogP contribution in [0.4, 0.5) is 0 Å². The molecule has 0 unspecified atom stereocenters. The zero-order valence-corrected chi connectivity index (χ0v) is 16.2. The summed E-state index contributed by atoms with van der Waals surface area (Å²) >= 11 is 0. The Morgan fingerprint density at radius 1 is 1.03 bits per heavy atom. The van der Waals surface area contributed by atoms with Crippen LogP contribution in [0.3, 0.4) is 0 Å². The molecular weight excluding hydrogens is 362 g/mol. The lowest BCUT2D eigenvalue weighted by atomic mass is 9.92. The van der Waals surface area contributed by atoms with Gasteiger partial charge in [0.05, 0.1) is 29.4 Å². The highest BCUT2D eigenvalue weighted by Crippen LogP contribution is 2.30.